The minimum absolute atomic E-state index is 0.506. The van der Waals surface area contributed by atoms with Gasteiger partial charge >= 0.3 is 0 Å². The number of nitrogens with two attached hydrogens (primary N) is 1. The Morgan fingerprint density at radius 2 is 2.07 bits per heavy atom. The van der Waals surface area contributed by atoms with Crippen LogP contribution >= 0.6 is 0 Å². The molecule has 2 atom stereocenters. The molecule has 0 bridgehead atoms. The third-order valence-corrected chi connectivity index (χ3v) is 6.06. The number of nitrogen functional groups attached to an aromatic ring is 1. The van der Waals surface area contributed by atoms with Gasteiger partial charge in [0.05, 0.1) is 5.39 Å². The van der Waals surface area contributed by atoms with E-state index in [-0.39, 0.29) is 0 Å². The van der Waals surface area contributed by atoms with Crippen molar-refractivity contribution in [1.29, 1.82) is 0 Å². The van der Waals surface area contributed by atoms with Crippen LogP contribution in [0.5, 0.6) is 0 Å². The fraction of sp³-hybridized carbons (Fsp3) is 0.500. The van der Waals surface area contributed by atoms with Crippen molar-refractivity contribution in [3.63, 3.8) is 0 Å². The Hall–Kier alpha value is -2.44. The van der Waals surface area contributed by atoms with Gasteiger partial charge in [0, 0.05) is 12.2 Å². The van der Waals surface area contributed by atoms with Crippen molar-refractivity contribution in [3.05, 3.63) is 55.0 Å². The number of anilines is 1. The van der Waals surface area contributed by atoms with Gasteiger partial charge in [-0.2, -0.15) is 0 Å². The largest absolute Gasteiger partial charge is 0.383 e. The standard InChI is InChI=1S/C24H36N6/c1-4-7-19(5-2)10-13-26-11-6-12-27-15-20-8-9-21(14-20)30-16-18(3)22-23(25)28-17-29-24(22)30/h4-5,7,16-17,20-21,26-27H,1-2,6,8-15H2,3H3,(H2,25,28,29)/b19-7+/t20-,21+/m1/s1. The lowest BCUT2D eigenvalue weighted by atomic mass is 10.1. The van der Waals surface area contributed by atoms with Crippen molar-refractivity contribution in [2.45, 2.75) is 45.1 Å². The number of fused-ring (bicyclic) bond motifs is 1. The van der Waals surface area contributed by atoms with Crippen LogP contribution in [0.4, 0.5) is 5.82 Å². The fourth-order valence-electron chi connectivity index (χ4n) is 4.47. The van der Waals surface area contributed by atoms with E-state index in [4.69, 9.17) is 5.73 Å². The first-order valence-corrected chi connectivity index (χ1v) is 11.1. The molecule has 30 heavy (non-hydrogen) atoms. The summed E-state index contributed by atoms with van der Waals surface area (Å²) in [6, 6.07) is 0.506. The molecular weight excluding hydrogens is 372 g/mol. The number of rotatable bonds is 12. The second kappa shape index (κ2) is 11.1. The van der Waals surface area contributed by atoms with Crippen molar-refractivity contribution in [2.24, 2.45) is 5.92 Å². The Balaban J connectivity index is 1.35. The third-order valence-electron chi connectivity index (χ3n) is 6.06. The summed E-state index contributed by atoms with van der Waals surface area (Å²) in [6.07, 6.45) is 15.3. The van der Waals surface area contributed by atoms with Gasteiger partial charge in [0.1, 0.15) is 17.8 Å². The average Bonchev–Trinajstić information content (AvgIpc) is 3.34. The third kappa shape index (κ3) is 5.58. The SMILES string of the molecule is C=C/C=C(\C=C)CCNCCCNC[C@@H]1CC[C@H](n2cc(C)c3c(N)ncnc32)C1. The van der Waals surface area contributed by atoms with Crippen LogP contribution in [0.25, 0.3) is 11.0 Å². The van der Waals surface area contributed by atoms with Crippen molar-refractivity contribution < 1.29 is 0 Å². The summed E-state index contributed by atoms with van der Waals surface area (Å²) in [5.41, 5.74) is 9.44. The molecule has 1 aliphatic carbocycles. The van der Waals surface area contributed by atoms with Crippen molar-refractivity contribution >= 4 is 16.9 Å². The highest BCUT2D eigenvalue weighted by atomic mass is 15.1. The zero-order valence-electron chi connectivity index (χ0n) is 18.2. The maximum absolute atomic E-state index is 6.07. The number of hydrogen-bond donors (Lipinski definition) is 3. The number of allylic oxidation sites excluding steroid dienone is 3. The number of hydrogen-bond acceptors (Lipinski definition) is 5. The molecule has 0 radical (unpaired) electrons. The van der Waals surface area contributed by atoms with Gasteiger partial charge < -0.3 is 20.9 Å². The molecule has 0 spiro atoms. The van der Waals surface area contributed by atoms with E-state index in [0.717, 1.165) is 61.5 Å². The minimum Gasteiger partial charge on any atom is -0.383 e. The van der Waals surface area contributed by atoms with Gasteiger partial charge in [0.25, 0.3) is 0 Å². The number of aryl methyl sites for hydroxylation is 1. The number of aromatic nitrogens is 3. The second-order valence-corrected chi connectivity index (χ2v) is 8.25. The summed E-state index contributed by atoms with van der Waals surface area (Å²) in [5.74, 6) is 1.30. The Labute approximate surface area is 180 Å². The molecule has 1 aliphatic rings. The van der Waals surface area contributed by atoms with Gasteiger partial charge in [-0.15, -0.1) is 0 Å². The Morgan fingerprint density at radius 1 is 1.23 bits per heavy atom. The molecule has 0 unspecified atom stereocenters. The van der Waals surface area contributed by atoms with E-state index < -0.39 is 0 Å². The molecule has 4 N–H and O–H groups in total. The molecular formula is C24H36N6. The van der Waals surface area contributed by atoms with Gasteiger partial charge in [-0.25, -0.2) is 9.97 Å². The summed E-state index contributed by atoms with van der Waals surface area (Å²) < 4.78 is 2.32. The van der Waals surface area contributed by atoms with Crippen LogP contribution in [0.3, 0.4) is 0 Å². The van der Waals surface area contributed by atoms with Crippen LogP contribution in [-0.2, 0) is 0 Å². The zero-order valence-corrected chi connectivity index (χ0v) is 18.2. The van der Waals surface area contributed by atoms with E-state index in [1.54, 1.807) is 6.33 Å². The van der Waals surface area contributed by atoms with Gasteiger partial charge in [0.15, 0.2) is 0 Å². The summed E-state index contributed by atoms with van der Waals surface area (Å²) in [5, 5.41) is 8.15. The zero-order chi connectivity index (χ0) is 21.3. The van der Waals surface area contributed by atoms with Crippen LogP contribution in [0.1, 0.15) is 43.7 Å². The molecule has 2 aromatic heterocycles. The molecule has 6 heteroatoms. The number of nitrogens with zero attached hydrogens (tertiary/aromatic N) is 3. The van der Waals surface area contributed by atoms with Gasteiger partial charge in [0.2, 0.25) is 0 Å². The molecule has 0 amide bonds. The minimum atomic E-state index is 0.506. The highest BCUT2D eigenvalue weighted by molar-refractivity contribution is 5.89. The van der Waals surface area contributed by atoms with Crippen LogP contribution in [0.2, 0.25) is 0 Å². The maximum Gasteiger partial charge on any atom is 0.145 e. The molecule has 3 rings (SSSR count). The van der Waals surface area contributed by atoms with Gasteiger partial charge in [-0.1, -0.05) is 31.4 Å². The molecule has 2 heterocycles. The summed E-state index contributed by atoms with van der Waals surface area (Å²) in [7, 11) is 0. The van der Waals surface area contributed by atoms with Crippen LogP contribution in [0.15, 0.2) is 49.5 Å². The van der Waals surface area contributed by atoms with Crippen molar-refractivity contribution in [1.82, 2.24) is 25.2 Å². The van der Waals surface area contributed by atoms with E-state index in [9.17, 15) is 0 Å². The lowest BCUT2D eigenvalue weighted by Gasteiger charge is -2.15. The molecule has 2 aromatic rings. The lowest BCUT2D eigenvalue weighted by molar-refractivity contribution is 0.452. The van der Waals surface area contributed by atoms with Crippen LogP contribution in [-0.4, -0.2) is 40.7 Å². The van der Waals surface area contributed by atoms with Crippen LogP contribution < -0.4 is 16.4 Å². The predicted molar refractivity (Wildman–Crippen MR) is 127 cm³/mol. The quantitative estimate of drug-likeness (QED) is 0.366. The molecule has 0 aliphatic heterocycles. The number of nitrogens with one attached hydrogen (secondary N) is 2. The smallest absolute Gasteiger partial charge is 0.145 e. The van der Waals surface area contributed by atoms with E-state index in [2.05, 4.69) is 51.4 Å². The highest BCUT2D eigenvalue weighted by Crippen LogP contribution is 2.37. The fourth-order valence-corrected chi connectivity index (χ4v) is 4.47. The first-order chi connectivity index (χ1) is 14.6. The van der Waals surface area contributed by atoms with E-state index >= 15 is 0 Å². The summed E-state index contributed by atoms with van der Waals surface area (Å²) in [6.45, 7) is 13.8. The average molecular weight is 409 g/mol. The first-order valence-electron chi connectivity index (χ1n) is 11.1. The molecule has 1 saturated carbocycles. The molecule has 0 aromatic carbocycles. The maximum atomic E-state index is 6.07. The Morgan fingerprint density at radius 3 is 2.87 bits per heavy atom. The second-order valence-electron chi connectivity index (χ2n) is 8.25. The monoisotopic (exact) mass is 408 g/mol. The van der Waals surface area contributed by atoms with Crippen molar-refractivity contribution in [2.75, 3.05) is 31.9 Å². The Bertz CT molecular complexity index is 881. The van der Waals surface area contributed by atoms with Gasteiger partial charge in [-0.3, -0.25) is 0 Å². The van der Waals surface area contributed by atoms with E-state index in [1.807, 2.05) is 18.2 Å². The highest BCUT2D eigenvalue weighted by Gasteiger charge is 2.27. The van der Waals surface area contributed by atoms with Crippen LogP contribution in [0, 0.1) is 12.8 Å². The topological polar surface area (TPSA) is 80.8 Å². The molecule has 6 nitrogen and oxygen atoms in total. The summed E-state index contributed by atoms with van der Waals surface area (Å²) in [4.78, 5) is 8.65. The molecule has 0 saturated heterocycles. The predicted octanol–water partition coefficient (Wildman–Crippen LogP) is 3.92. The summed E-state index contributed by atoms with van der Waals surface area (Å²) >= 11 is 0. The lowest BCUT2D eigenvalue weighted by Crippen LogP contribution is -2.26. The van der Waals surface area contributed by atoms with E-state index in [1.165, 1.54) is 24.8 Å². The molecule has 1 fully saturated rings. The Kier molecular flexibility index (Phi) is 8.22. The first kappa shape index (κ1) is 22.2. The van der Waals surface area contributed by atoms with Gasteiger partial charge in [-0.05, 0) is 82.3 Å². The van der Waals surface area contributed by atoms with E-state index in [0.29, 0.717) is 11.9 Å². The normalized spacial score (nSPS) is 19.4. The molecule has 162 valence electrons. The van der Waals surface area contributed by atoms with Crippen molar-refractivity contribution in [3.8, 4) is 0 Å².